The molecule has 0 saturated carbocycles. The van der Waals surface area contributed by atoms with Crippen molar-refractivity contribution >= 4 is 15.7 Å². The van der Waals surface area contributed by atoms with Crippen LogP contribution in [-0.4, -0.2) is 8.42 Å². The molecule has 112 valence electrons. The second kappa shape index (κ2) is 5.72. The fourth-order valence-electron chi connectivity index (χ4n) is 1.65. The van der Waals surface area contributed by atoms with E-state index in [2.05, 4.69) is 0 Å². The third kappa shape index (κ3) is 3.52. The van der Waals surface area contributed by atoms with Gasteiger partial charge in [0.15, 0.2) is 23.3 Å². The first-order valence-corrected chi connectivity index (χ1v) is 7.33. The SMILES string of the molecule is O=S(=O)(Cc1ccccc1)Nc1c(F)c(F)cc(F)c1F. The van der Waals surface area contributed by atoms with E-state index in [-0.39, 0.29) is 6.07 Å². The smallest absolute Gasteiger partial charge is 0.237 e. The summed E-state index contributed by atoms with van der Waals surface area (Å²) < 4.78 is 78.0. The summed E-state index contributed by atoms with van der Waals surface area (Å²) in [6.07, 6.45) is 0. The molecule has 0 bridgehead atoms. The van der Waals surface area contributed by atoms with Gasteiger partial charge >= 0.3 is 0 Å². The Morgan fingerprint density at radius 3 is 1.95 bits per heavy atom. The minimum absolute atomic E-state index is 0.000336. The Bertz CT molecular complexity index is 737. The molecule has 0 amide bonds. The van der Waals surface area contributed by atoms with Crippen LogP contribution in [0.3, 0.4) is 0 Å². The summed E-state index contributed by atoms with van der Waals surface area (Å²) in [5.74, 6) is -7.57. The zero-order chi connectivity index (χ0) is 15.6. The average molecular weight is 319 g/mol. The summed E-state index contributed by atoms with van der Waals surface area (Å²) in [6.45, 7) is 0. The Morgan fingerprint density at radius 1 is 0.905 bits per heavy atom. The highest BCUT2D eigenvalue weighted by atomic mass is 32.2. The van der Waals surface area contributed by atoms with Crippen molar-refractivity contribution in [3.05, 3.63) is 65.2 Å². The van der Waals surface area contributed by atoms with Crippen molar-refractivity contribution in [2.75, 3.05) is 4.72 Å². The number of rotatable bonds is 4. The summed E-state index contributed by atoms with van der Waals surface area (Å²) in [5, 5.41) is 0. The molecule has 0 aliphatic rings. The van der Waals surface area contributed by atoms with Crippen LogP contribution in [0.1, 0.15) is 5.56 Å². The molecule has 0 radical (unpaired) electrons. The Kier molecular flexibility index (Phi) is 4.17. The topological polar surface area (TPSA) is 46.2 Å². The quantitative estimate of drug-likeness (QED) is 0.695. The number of hydrogen-bond acceptors (Lipinski definition) is 2. The summed E-state index contributed by atoms with van der Waals surface area (Å²) in [7, 11) is -4.23. The van der Waals surface area contributed by atoms with Gasteiger partial charge in [0.1, 0.15) is 5.69 Å². The summed E-state index contributed by atoms with van der Waals surface area (Å²) in [4.78, 5) is 0. The highest BCUT2D eigenvalue weighted by Crippen LogP contribution is 2.25. The number of nitrogens with one attached hydrogen (secondary N) is 1. The first kappa shape index (κ1) is 15.3. The van der Waals surface area contributed by atoms with Gasteiger partial charge in [0.2, 0.25) is 10.0 Å². The molecule has 8 heteroatoms. The summed E-state index contributed by atoms with van der Waals surface area (Å²) in [5.41, 5.74) is -1.02. The van der Waals surface area contributed by atoms with E-state index in [1.165, 1.54) is 16.9 Å². The van der Waals surface area contributed by atoms with Crippen molar-refractivity contribution in [2.24, 2.45) is 0 Å². The van der Waals surface area contributed by atoms with Gasteiger partial charge in [0.25, 0.3) is 0 Å². The minimum Gasteiger partial charge on any atom is -0.277 e. The van der Waals surface area contributed by atoms with Gasteiger partial charge in [-0.3, -0.25) is 4.72 Å². The monoisotopic (exact) mass is 319 g/mol. The van der Waals surface area contributed by atoms with Gasteiger partial charge in [-0.15, -0.1) is 0 Å². The van der Waals surface area contributed by atoms with E-state index in [9.17, 15) is 26.0 Å². The normalized spacial score (nSPS) is 11.4. The fraction of sp³-hybridized carbons (Fsp3) is 0.0769. The van der Waals surface area contributed by atoms with E-state index in [1.807, 2.05) is 0 Å². The van der Waals surface area contributed by atoms with Crippen LogP contribution >= 0.6 is 0 Å². The highest BCUT2D eigenvalue weighted by Gasteiger charge is 2.23. The van der Waals surface area contributed by atoms with Crippen molar-refractivity contribution in [3.8, 4) is 0 Å². The lowest BCUT2D eigenvalue weighted by Crippen LogP contribution is -2.18. The van der Waals surface area contributed by atoms with Gasteiger partial charge in [-0.25, -0.2) is 26.0 Å². The fourth-order valence-corrected chi connectivity index (χ4v) is 2.84. The number of benzene rings is 2. The lowest BCUT2D eigenvalue weighted by Gasteiger charge is -2.10. The molecule has 1 N–H and O–H groups in total. The minimum atomic E-state index is -4.23. The van der Waals surface area contributed by atoms with Crippen molar-refractivity contribution in [1.82, 2.24) is 0 Å². The Morgan fingerprint density at radius 2 is 1.43 bits per heavy atom. The predicted octanol–water partition coefficient (Wildman–Crippen LogP) is 3.18. The van der Waals surface area contributed by atoms with E-state index >= 15 is 0 Å². The van der Waals surface area contributed by atoms with E-state index in [0.717, 1.165) is 0 Å². The van der Waals surface area contributed by atoms with Gasteiger partial charge in [0, 0.05) is 6.07 Å². The van der Waals surface area contributed by atoms with Gasteiger partial charge in [0.05, 0.1) is 5.75 Å². The average Bonchev–Trinajstić information content (AvgIpc) is 2.42. The molecule has 0 fully saturated rings. The third-order valence-electron chi connectivity index (χ3n) is 2.57. The second-order valence-electron chi connectivity index (χ2n) is 4.19. The largest absolute Gasteiger partial charge is 0.277 e. The molecule has 0 spiro atoms. The molecule has 0 aliphatic carbocycles. The van der Waals surface area contributed by atoms with Crippen molar-refractivity contribution in [3.63, 3.8) is 0 Å². The molecule has 3 nitrogen and oxygen atoms in total. The van der Waals surface area contributed by atoms with Crippen LogP contribution < -0.4 is 4.72 Å². The zero-order valence-electron chi connectivity index (χ0n) is 10.4. The maximum atomic E-state index is 13.4. The zero-order valence-corrected chi connectivity index (χ0v) is 11.2. The molecule has 0 saturated heterocycles. The van der Waals surface area contributed by atoms with Gasteiger partial charge in [-0.1, -0.05) is 30.3 Å². The van der Waals surface area contributed by atoms with Crippen molar-refractivity contribution in [2.45, 2.75) is 5.75 Å². The maximum Gasteiger partial charge on any atom is 0.237 e. The maximum absolute atomic E-state index is 13.4. The first-order chi connectivity index (χ1) is 9.80. The molecule has 0 heterocycles. The van der Waals surface area contributed by atoms with Crippen LogP contribution in [0.2, 0.25) is 0 Å². The Hall–Kier alpha value is -2.09. The van der Waals surface area contributed by atoms with Crippen molar-refractivity contribution in [1.29, 1.82) is 0 Å². The molecular formula is C13H9F4NO2S. The Balaban J connectivity index is 2.33. The van der Waals surface area contributed by atoms with E-state index in [0.29, 0.717) is 5.56 Å². The number of anilines is 1. The number of halogens is 4. The number of hydrogen-bond donors (Lipinski definition) is 1. The molecule has 0 aromatic heterocycles. The van der Waals surface area contributed by atoms with E-state index in [1.54, 1.807) is 18.2 Å². The van der Waals surface area contributed by atoms with Gasteiger partial charge in [-0.05, 0) is 5.56 Å². The van der Waals surface area contributed by atoms with E-state index < -0.39 is 44.7 Å². The number of sulfonamides is 1. The van der Waals surface area contributed by atoms with Crippen molar-refractivity contribution < 1.29 is 26.0 Å². The lowest BCUT2D eigenvalue weighted by molar-refractivity contribution is 0.459. The van der Waals surface area contributed by atoms with E-state index in [4.69, 9.17) is 0 Å². The molecule has 2 aromatic carbocycles. The van der Waals surface area contributed by atoms with Crippen LogP contribution in [-0.2, 0) is 15.8 Å². The highest BCUT2D eigenvalue weighted by molar-refractivity contribution is 7.91. The predicted molar refractivity (Wildman–Crippen MR) is 69.0 cm³/mol. The molecule has 2 rings (SSSR count). The second-order valence-corrected chi connectivity index (χ2v) is 5.91. The summed E-state index contributed by atoms with van der Waals surface area (Å²) >= 11 is 0. The third-order valence-corrected chi connectivity index (χ3v) is 3.80. The molecule has 0 atom stereocenters. The van der Waals surface area contributed by atoms with Gasteiger partial charge in [-0.2, -0.15) is 0 Å². The van der Waals surface area contributed by atoms with Crippen LogP contribution in [0, 0.1) is 23.3 Å². The molecule has 2 aromatic rings. The molecule has 0 unspecified atom stereocenters. The molecule has 0 aliphatic heterocycles. The summed E-state index contributed by atoms with van der Waals surface area (Å²) in [6, 6.07) is 7.78. The molecular weight excluding hydrogens is 310 g/mol. The van der Waals surface area contributed by atoms with Crippen LogP contribution in [0.15, 0.2) is 36.4 Å². The van der Waals surface area contributed by atoms with Crippen LogP contribution in [0.5, 0.6) is 0 Å². The van der Waals surface area contributed by atoms with Crippen LogP contribution in [0.25, 0.3) is 0 Å². The lowest BCUT2D eigenvalue weighted by atomic mass is 10.2. The standard InChI is InChI=1S/C13H9F4NO2S/c14-9-6-10(15)12(17)13(11(9)16)18-21(19,20)7-8-4-2-1-3-5-8/h1-6,18H,7H2. The molecule has 21 heavy (non-hydrogen) atoms. The van der Waals surface area contributed by atoms with Gasteiger partial charge < -0.3 is 0 Å². The first-order valence-electron chi connectivity index (χ1n) is 5.67. The van der Waals surface area contributed by atoms with Crippen LogP contribution in [0.4, 0.5) is 23.2 Å². The Labute approximate surface area is 118 Å².